The molecule has 0 aromatic rings. The molecule has 1 rings (SSSR count). The highest BCUT2D eigenvalue weighted by Crippen LogP contribution is 2.22. The van der Waals surface area contributed by atoms with Gasteiger partial charge in [0.2, 0.25) is 0 Å². The first kappa shape index (κ1) is 10.4. The SMILES string of the molecule is O=C(O)[C@H](O)[C@@H]1O[C@@H](O)[C@@H](O)[C@@H]1O. The van der Waals surface area contributed by atoms with Gasteiger partial charge in [0.05, 0.1) is 0 Å². The van der Waals surface area contributed by atoms with E-state index in [2.05, 4.69) is 4.74 Å². The van der Waals surface area contributed by atoms with Gasteiger partial charge < -0.3 is 30.3 Å². The van der Waals surface area contributed by atoms with Crippen molar-refractivity contribution in [1.29, 1.82) is 0 Å². The lowest BCUT2D eigenvalue weighted by atomic mass is 10.1. The number of aliphatic hydroxyl groups is 4. The minimum atomic E-state index is -1.97. The van der Waals surface area contributed by atoms with Crippen LogP contribution in [0.5, 0.6) is 0 Å². The van der Waals surface area contributed by atoms with E-state index in [0.717, 1.165) is 0 Å². The van der Waals surface area contributed by atoms with Crippen LogP contribution in [0.2, 0.25) is 0 Å². The summed E-state index contributed by atoms with van der Waals surface area (Å²) < 4.78 is 4.43. The zero-order chi connectivity index (χ0) is 10.2. The maximum atomic E-state index is 10.2. The number of hydrogen-bond donors (Lipinski definition) is 5. The summed E-state index contributed by atoms with van der Waals surface area (Å²) in [6.45, 7) is 0. The van der Waals surface area contributed by atoms with Crippen LogP contribution in [0, 0.1) is 0 Å². The summed E-state index contributed by atoms with van der Waals surface area (Å²) in [5, 5.41) is 44.1. The van der Waals surface area contributed by atoms with E-state index < -0.39 is 36.7 Å². The predicted octanol–water partition coefficient (Wildman–Crippen LogP) is -3.13. The van der Waals surface area contributed by atoms with Crippen molar-refractivity contribution in [3.05, 3.63) is 0 Å². The minimum absolute atomic E-state index is 1.51. The first-order chi connectivity index (χ1) is 5.95. The maximum Gasteiger partial charge on any atom is 0.335 e. The first-order valence-electron chi connectivity index (χ1n) is 3.55. The van der Waals surface area contributed by atoms with Crippen LogP contribution in [0.3, 0.4) is 0 Å². The summed E-state index contributed by atoms with van der Waals surface area (Å²) in [4.78, 5) is 10.2. The van der Waals surface area contributed by atoms with Gasteiger partial charge in [-0.2, -0.15) is 0 Å². The van der Waals surface area contributed by atoms with Crippen LogP contribution in [-0.4, -0.2) is 62.2 Å². The zero-order valence-electron chi connectivity index (χ0n) is 6.44. The number of carboxylic acid groups (broad SMARTS) is 1. The van der Waals surface area contributed by atoms with E-state index in [-0.39, 0.29) is 0 Å². The van der Waals surface area contributed by atoms with Crippen LogP contribution >= 0.6 is 0 Å². The normalized spacial score (nSPS) is 41.8. The highest BCUT2D eigenvalue weighted by Gasteiger charge is 2.47. The number of aliphatic carboxylic acids is 1. The van der Waals surface area contributed by atoms with Crippen molar-refractivity contribution in [2.45, 2.75) is 30.7 Å². The van der Waals surface area contributed by atoms with E-state index in [9.17, 15) is 4.79 Å². The van der Waals surface area contributed by atoms with Gasteiger partial charge in [-0.25, -0.2) is 4.79 Å². The number of carboxylic acids is 1. The molecule has 0 saturated carbocycles. The van der Waals surface area contributed by atoms with E-state index in [1.165, 1.54) is 0 Å². The zero-order valence-corrected chi connectivity index (χ0v) is 6.44. The molecule has 13 heavy (non-hydrogen) atoms. The quantitative estimate of drug-likeness (QED) is 0.314. The van der Waals surface area contributed by atoms with Crippen LogP contribution in [-0.2, 0) is 9.53 Å². The van der Waals surface area contributed by atoms with E-state index in [1.807, 2.05) is 0 Å². The van der Waals surface area contributed by atoms with Crippen LogP contribution in [0.4, 0.5) is 0 Å². The van der Waals surface area contributed by atoms with Gasteiger partial charge in [-0.1, -0.05) is 0 Å². The highest BCUT2D eigenvalue weighted by atomic mass is 16.6. The van der Waals surface area contributed by atoms with Gasteiger partial charge in [0, 0.05) is 0 Å². The predicted molar refractivity (Wildman–Crippen MR) is 36.5 cm³/mol. The third kappa shape index (κ3) is 1.79. The molecule has 1 aliphatic heterocycles. The van der Waals surface area contributed by atoms with Crippen molar-refractivity contribution >= 4 is 5.97 Å². The minimum Gasteiger partial charge on any atom is -0.479 e. The van der Waals surface area contributed by atoms with Crippen LogP contribution in [0.1, 0.15) is 0 Å². The fraction of sp³-hybridized carbons (Fsp3) is 0.833. The Kier molecular flexibility index (Phi) is 2.84. The fourth-order valence-electron chi connectivity index (χ4n) is 1.09. The molecule has 0 spiro atoms. The lowest BCUT2D eigenvalue weighted by Gasteiger charge is -2.16. The summed E-state index contributed by atoms with van der Waals surface area (Å²) in [6.07, 6.45) is -8.36. The lowest BCUT2D eigenvalue weighted by molar-refractivity contribution is -0.170. The average Bonchev–Trinajstić information content (AvgIpc) is 2.31. The fourth-order valence-corrected chi connectivity index (χ4v) is 1.09. The Morgan fingerprint density at radius 2 is 1.77 bits per heavy atom. The third-order valence-electron chi connectivity index (χ3n) is 1.84. The van der Waals surface area contributed by atoms with Gasteiger partial charge in [0.25, 0.3) is 0 Å². The van der Waals surface area contributed by atoms with Gasteiger partial charge in [0.1, 0.15) is 18.3 Å². The number of hydrogen-bond acceptors (Lipinski definition) is 6. The van der Waals surface area contributed by atoms with Crippen molar-refractivity contribution < 1.29 is 35.1 Å². The number of aliphatic hydroxyl groups excluding tert-OH is 4. The molecule has 7 heteroatoms. The molecule has 1 fully saturated rings. The molecule has 0 aromatic heterocycles. The van der Waals surface area contributed by atoms with E-state index in [1.54, 1.807) is 0 Å². The maximum absolute atomic E-state index is 10.2. The Bertz CT molecular complexity index is 205. The van der Waals surface area contributed by atoms with Gasteiger partial charge >= 0.3 is 5.97 Å². The molecule has 5 atom stereocenters. The molecule has 0 bridgehead atoms. The molecule has 1 saturated heterocycles. The van der Waals surface area contributed by atoms with Gasteiger partial charge in [-0.15, -0.1) is 0 Å². The van der Waals surface area contributed by atoms with Gasteiger partial charge in [-0.3, -0.25) is 0 Å². The molecule has 76 valence electrons. The largest absolute Gasteiger partial charge is 0.479 e. The molecular formula is C6H10O7. The standard InChI is InChI=1S/C6H10O7/c7-1-2(8)6(12)13-4(1)3(9)5(10)11/h1-4,6-9,12H,(H,10,11)/t1-,2-,3+,4+,6+/m0/s1. The van der Waals surface area contributed by atoms with Gasteiger partial charge in [-0.05, 0) is 0 Å². The second kappa shape index (κ2) is 3.56. The van der Waals surface area contributed by atoms with Crippen LogP contribution < -0.4 is 0 Å². The van der Waals surface area contributed by atoms with Gasteiger partial charge in [0.15, 0.2) is 12.4 Å². The molecule has 0 aromatic carbocycles. The second-order valence-electron chi connectivity index (χ2n) is 2.76. The van der Waals surface area contributed by atoms with E-state index in [0.29, 0.717) is 0 Å². The molecule has 1 aliphatic rings. The van der Waals surface area contributed by atoms with Crippen molar-refractivity contribution in [2.75, 3.05) is 0 Å². The number of rotatable bonds is 2. The van der Waals surface area contributed by atoms with Crippen LogP contribution in [0.25, 0.3) is 0 Å². The Hall–Kier alpha value is -0.730. The molecule has 7 nitrogen and oxygen atoms in total. The summed E-state index contributed by atoms with van der Waals surface area (Å²) in [6, 6.07) is 0. The van der Waals surface area contributed by atoms with Crippen molar-refractivity contribution in [3.8, 4) is 0 Å². The summed E-state index contributed by atoms with van der Waals surface area (Å²) in [5.41, 5.74) is 0. The second-order valence-corrected chi connectivity index (χ2v) is 2.76. The first-order valence-corrected chi connectivity index (χ1v) is 3.55. The summed E-state index contributed by atoms with van der Waals surface area (Å²) >= 11 is 0. The highest BCUT2D eigenvalue weighted by molar-refractivity contribution is 5.72. The molecule has 0 amide bonds. The lowest BCUT2D eigenvalue weighted by Crippen LogP contribution is -2.42. The molecule has 0 unspecified atom stereocenters. The molecular weight excluding hydrogens is 184 g/mol. The van der Waals surface area contributed by atoms with E-state index in [4.69, 9.17) is 25.5 Å². The van der Waals surface area contributed by atoms with Crippen LogP contribution in [0.15, 0.2) is 0 Å². The van der Waals surface area contributed by atoms with Crippen molar-refractivity contribution in [3.63, 3.8) is 0 Å². The molecule has 0 aliphatic carbocycles. The Morgan fingerprint density at radius 1 is 1.23 bits per heavy atom. The van der Waals surface area contributed by atoms with E-state index >= 15 is 0 Å². The Balaban J connectivity index is 2.68. The Labute approximate surface area is 72.8 Å². The topological polar surface area (TPSA) is 127 Å². The molecule has 1 heterocycles. The Morgan fingerprint density at radius 3 is 2.08 bits per heavy atom. The monoisotopic (exact) mass is 194 g/mol. The molecule has 0 radical (unpaired) electrons. The third-order valence-corrected chi connectivity index (χ3v) is 1.84. The summed E-state index contributed by atoms with van der Waals surface area (Å²) in [7, 11) is 0. The van der Waals surface area contributed by atoms with Crippen molar-refractivity contribution in [2.24, 2.45) is 0 Å². The molecule has 5 N–H and O–H groups in total. The number of ether oxygens (including phenoxy) is 1. The number of carbonyl (C=O) groups is 1. The average molecular weight is 194 g/mol. The van der Waals surface area contributed by atoms with Crippen molar-refractivity contribution in [1.82, 2.24) is 0 Å². The smallest absolute Gasteiger partial charge is 0.335 e. The summed E-state index contributed by atoms with van der Waals surface area (Å²) in [5.74, 6) is -1.59.